The highest BCUT2D eigenvalue weighted by molar-refractivity contribution is 5.45. The number of pyridine rings is 1. The molecular formula is C14H21N3O2. The number of hydrogen-bond donors (Lipinski definition) is 1. The molecule has 104 valence electrons. The van der Waals surface area contributed by atoms with Gasteiger partial charge in [-0.15, -0.1) is 0 Å². The van der Waals surface area contributed by atoms with E-state index in [1.54, 1.807) is 13.0 Å². The first-order chi connectivity index (χ1) is 8.95. The lowest BCUT2D eigenvalue weighted by molar-refractivity contribution is -0.385. The third-order valence-corrected chi connectivity index (χ3v) is 3.79. The smallest absolute Gasteiger partial charge is 0.290 e. The summed E-state index contributed by atoms with van der Waals surface area (Å²) in [5.74, 6) is 2.19. The molecule has 2 unspecified atom stereocenters. The van der Waals surface area contributed by atoms with Gasteiger partial charge in [0.05, 0.1) is 4.92 Å². The van der Waals surface area contributed by atoms with Crippen LogP contribution >= 0.6 is 0 Å². The Morgan fingerprint density at radius 1 is 1.26 bits per heavy atom. The van der Waals surface area contributed by atoms with Crippen LogP contribution in [-0.4, -0.2) is 15.9 Å². The van der Waals surface area contributed by atoms with Gasteiger partial charge in [-0.1, -0.05) is 13.8 Å². The minimum atomic E-state index is -0.392. The van der Waals surface area contributed by atoms with Crippen LogP contribution in [0.15, 0.2) is 12.1 Å². The maximum absolute atomic E-state index is 10.8. The van der Waals surface area contributed by atoms with E-state index in [4.69, 9.17) is 0 Å². The summed E-state index contributed by atoms with van der Waals surface area (Å²) in [7, 11) is 0. The van der Waals surface area contributed by atoms with Crippen molar-refractivity contribution < 1.29 is 4.92 Å². The predicted octanol–water partition coefficient (Wildman–Crippen LogP) is 3.53. The van der Waals surface area contributed by atoms with E-state index in [0.717, 1.165) is 30.5 Å². The summed E-state index contributed by atoms with van der Waals surface area (Å²) in [6, 6.07) is 3.65. The average molecular weight is 263 g/mol. The molecule has 0 aliphatic heterocycles. The van der Waals surface area contributed by atoms with Crippen molar-refractivity contribution in [2.24, 2.45) is 11.8 Å². The Morgan fingerprint density at radius 2 is 1.89 bits per heavy atom. The van der Waals surface area contributed by atoms with Gasteiger partial charge in [0.25, 0.3) is 5.69 Å². The van der Waals surface area contributed by atoms with Crippen LogP contribution in [0.2, 0.25) is 0 Å². The molecule has 1 fully saturated rings. The van der Waals surface area contributed by atoms with Crippen molar-refractivity contribution >= 4 is 11.5 Å². The van der Waals surface area contributed by atoms with Gasteiger partial charge in [0.2, 0.25) is 0 Å². The van der Waals surface area contributed by atoms with Gasteiger partial charge in [-0.25, -0.2) is 4.98 Å². The molecule has 1 saturated carbocycles. The first-order valence-corrected chi connectivity index (χ1v) is 6.84. The molecule has 1 aromatic heterocycles. The van der Waals surface area contributed by atoms with Crippen molar-refractivity contribution in [2.75, 3.05) is 5.32 Å². The Kier molecular flexibility index (Phi) is 4.02. The van der Waals surface area contributed by atoms with Gasteiger partial charge < -0.3 is 5.32 Å². The molecule has 1 aromatic rings. The molecule has 5 nitrogen and oxygen atoms in total. The Morgan fingerprint density at radius 3 is 2.42 bits per heavy atom. The van der Waals surface area contributed by atoms with Gasteiger partial charge in [-0.2, -0.15) is 0 Å². The van der Waals surface area contributed by atoms with Crippen LogP contribution in [0, 0.1) is 28.9 Å². The van der Waals surface area contributed by atoms with Crippen molar-refractivity contribution in [3.05, 3.63) is 27.9 Å². The summed E-state index contributed by atoms with van der Waals surface area (Å²) in [5, 5.41) is 14.2. The molecule has 2 rings (SSSR count). The summed E-state index contributed by atoms with van der Waals surface area (Å²) in [6.07, 6.45) is 3.56. The molecular weight excluding hydrogens is 242 g/mol. The zero-order valence-corrected chi connectivity index (χ0v) is 11.7. The topological polar surface area (TPSA) is 68.1 Å². The maximum Gasteiger partial charge on any atom is 0.290 e. The third-order valence-electron chi connectivity index (χ3n) is 3.79. The van der Waals surface area contributed by atoms with Crippen molar-refractivity contribution in [3.8, 4) is 0 Å². The van der Waals surface area contributed by atoms with Crippen molar-refractivity contribution in [2.45, 2.75) is 46.1 Å². The fraction of sp³-hybridized carbons (Fsp3) is 0.643. The Labute approximate surface area is 113 Å². The number of rotatable bonds is 3. The van der Waals surface area contributed by atoms with Crippen LogP contribution in [0.3, 0.4) is 0 Å². The van der Waals surface area contributed by atoms with Crippen molar-refractivity contribution in [1.29, 1.82) is 0 Å². The number of aryl methyl sites for hydroxylation is 1. The van der Waals surface area contributed by atoms with E-state index in [9.17, 15) is 10.1 Å². The SMILES string of the molecule is Cc1nc(NC2CC(C)CC(C)C2)ccc1[N+](=O)[O-]. The van der Waals surface area contributed by atoms with Gasteiger partial charge in [-0.3, -0.25) is 10.1 Å². The van der Waals surface area contributed by atoms with Crippen LogP contribution in [0.4, 0.5) is 11.5 Å². The average Bonchev–Trinajstić information content (AvgIpc) is 2.26. The van der Waals surface area contributed by atoms with Crippen LogP contribution in [0.5, 0.6) is 0 Å². The molecule has 1 N–H and O–H groups in total. The summed E-state index contributed by atoms with van der Waals surface area (Å²) in [5.41, 5.74) is 0.544. The molecule has 0 spiro atoms. The Balaban J connectivity index is 2.07. The minimum Gasteiger partial charge on any atom is -0.367 e. The zero-order chi connectivity index (χ0) is 14.0. The van der Waals surface area contributed by atoms with Crippen LogP contribution in [0.25, 0.3) is 0 Å². The van der Waals surface area contributed by atoms with Gasteiger partial charge in [0, 0.05) is 12.1 Å². The fourth-order valence-electron chi connectivity index (χ4n) is 3.10. The lowest BCUT2D eigenvalue weighted by Gasteiger charge is -2.32. The first kappa shape index (κ1) is 13.8. The Bertz CT molecular complexity index is 466. The molecule has 0 radical (unpaired) electrons. The lowest BCUT2D eigenvalue weighted by atomic mass is 9.80. The van der Waals surface area contributed by atoms with Gasteiger partial charge in [0.15, 0.2) is 0 Å². The number of nitrogens with zero attached hydrogens (tertiary/aromatic N) is 2. The number of nitrogens with one attached hydrogen (secondary N) is 1. The third kappa shape index (κ3) is 3.43. The van der Waals surface area contributed by atoms with E-state index in [1.165, 1.54) is 12.5 Å². The van der Waals surface area contributed by atoms with Crippen LogP contribution < -0.4 is 5.32 Å². The van der Waals surface area contributed by atoms with Gasteiger partial charge in [-0.05, 0) is 44.1 Å². The molecule has 1 aliphatic carbocycles. The highest BCUT2D eigenvalue weighted by atomic mass is 16.6. The first-order valence-electron chi connectivity index (χ1n) is 6.84. The molecule has 0 saturated heterocycles. The van der Waals surface area contributed by atoms with E-state index in [1.807, 2.05) is 0 Å². The second-order valence-corrected chi connectivity index (χ2v) is 5.82. The van der Waals surface area contributed by atoms with Crippen molar-refractivity contribution in [1.82, 2.24) is 4.98 Å². The number of nitro groups is 1. The quantitative estimate of drug-likeness (QED) is 0.669. The summed E-state index contributed by atoms with van der Waals surface area (Å²) in [4.78, 5) is 14.6. The predicted molar refractivity (Wildman–Crippen MR) is 75.2 cm³/mol. The molecule has 1 aliphatic rings. The monoisotopic (exact) mass is 263 g/mol. The number of aromatic nitrogens is 1. The molecule has 0 bridgehead atoms. The molecule has 5 heteroatoms. The van der Waals surface area contributed by atoms with E-state index in [2.05, 4.69) is 24.1 Å². The van der Waals surface area contributed by atoms with Crippen molar-refractivity contribution in [3.63, 3.8) is 0 Å². The van der Waals surface area contributed by atoms with Crippen LogP contribution in [-0.2, 0) is 0 Å². The second-order valence-electron chi connectivity index (χ2n) is 5.82. The van der Waals surface area contributed by atoms with Gasteiger partial charge in [0.1, 0.15) is 11.5 Å². The van der Waals surface area contributed by atoms with E-state index in [0.29, 0.717) is 11.7 Å². The maximum atomic E-state index is 10.8. The molecule has 0 aromatic carbocycles. The molecule has 2 atom stereocenters. The van der Waals surface area contributed by atoms with Crippen LogP contribution in [0.1, 0.15) is 38.8 Å². The minimum absolute atomic E-state index is 0.0796. The molecule has 19 heavy (non-hydrogen) atoms. The number of anilines is 1. The van der Waals surface area contributed by atoms with E-state index < -0.39 is 4.92 Å². The number of hydrogen-bond acceptors (Lipinski definition) is 4. The van der Waals surface area contributed by atoms with E-state index >= 15 is 0 Å². The molecule has 1 heterocycles. The summed E-state index contributed by atoms with van der Waals surface area (Å²) in [6.45, 7) is 6.23. The van der Waals surface area contributed by atoms with E-state index in [-0.39, 0.29) is 5.69 Å². The summed E-state index contributed by atoms with van der Waals surface area (Å²) < 4.78 is 0. The second kappa shape index (κ2) is 5.55. The van der Waals surface area contributed by atoms with Gasteiger partial charge >= 0.3 is 0 Å². The largest absolute Gasteiger partial charge is 0.367 e. The molecule has 0 amide bonds. The Hall–Kier alpha value is -1.65. The normalized spacial score (nSPS) is 27.0. The summed E-state index contributed by atoms with van der Waals surface area (Å²) >= 11 is 0. The highest BCUT2D eigenvalue weighted by Crippen LogP contribution is 2.30. The fourth-order valence-corrected chi connectivity index (χ4v) is 3.10. The zero-order valence-electron chi connectivity index (χ0n) is 11.7. The lowest BCUT2D eigenvalue weighted by Crippen LogP contribution is -2.30. The highest BCUT2D eigenvalue weighted by Gasteiger charge is 2.24. The standard InChI is InChI=1S/C14H21N3O2/c1-9-6-10(2)8-12(7-9)16-14-5-4-13(17(18)19)11(3)15-14/h4-5,9-10,12H,6-8H2,1-3H3,(H,15,16).